The molecule has 1 aromatic heterocycles. The van der Waals surface area contributed by atoms with Crippen molar-refractivity contribution in [2.45, 2.75) is 64.4 Å². The first-order valence-corrected chi connectivity index (χ1v) is 11.4. The molecule has 7 heteroatoms. The van der Waals surface area contributed by atoms with Crippen LogP contribution in [-0.2, 0) is 4.79 Å². The summed E-state index contributed by atoms with van der Waals surface area (Å²) in [7, 11) is 0. The van der Waals surface area contributed by atoms with E-state index in [2.05, 4.69) is 10.9 Å². The van der Waals surface area contributed by atoms with Gasteiger partial charge < -0.3 is 9.67 Å². The van der Waals surface area contributed by atoms with Crippen LogP contribution in [0.2, 0.25) is 0 Å². The Hall–Kier alpha value is -2.67. The van der Waals surface area contributed by atoms with Gasteiger partial charge in [-0.05, 0) is 100.0 Å². The molecular formula is C25H30FN3O3. The highest BCUT2D eigenvalue weighted by Crippen LogP contribution is 2.62. The minimum atomic E-state index is -0.606. The number of carbonyl (C=O) groups is 2. The Morgan fingerprint density at radius 3 is 2.38 bits per heavy atom. The number of aromatic nitrogens is 1. The molecule has 0 radical (unpaired) electrons. The Morgan fingerprint density at radius 2 is 1.75 bits per heavy atom. The van der Waals surface area contributed by atoms with Crippen molar-refractivity contribution in [3.63, 3.8) is 0 Å². The molecule has 4 saturated carbocycles. The number of aliphatic hydroxyl groups is 1. The lowest BCUT2D eigenvalue weighted by molar-refractivity contribution is -0.169. The summed E-state index contributed by atoms with van der Waals surface area (Å²) in [6.07, 6.45) is 5.91. The summed E-state index contributed by atoms with van der Waals surface area (Å²) in [5.74, 6) is 0.115. The molecule has 0 aliphatic heterocycles. The molecule has 2 atom stereocenters. The van der Waals surface area contributed by atoms with Crippen LogP contribution in [0.1, 0.15) is 66.7 Å². The van der Waals surface area contributed by atoms with Crippen LogP contribution in [0.15, 0.2) is 30.3 Å². The van der Waals surface area contributed by atoms with Gasteiger partial charge in [-0.1, -0.05) is 0 Å². The number of rotatable bonds is 4. The van der Waals surface area contributed by atoms with Crippen molar-refractivity contribution in [2.24, 2.45) is 17.3 Å². The SMILES string of the molecule is Cc1cc(C(=O)NNC(=O)CC23CC4CC(CC(O)(C4)C2)C3)c(C)n1-c1ccc(F)cc1. The zero-order valence-corrected chi connectivity index (χ0v) is 18.6. The highest BCUT2D eigenvalue weighted by atomic mass is 19.1. The molecule has 0 saturated heterocycles. The number of hydrogen-bond acceptors (Lipinski definition) is 3. The van der Waals surface area contributed by atoms with Crippen LogP contribution in [0.5, 0.6) is 0 Å². The third-order valence-electron chi connectivity index (χ3n) is 7.76. The Labute approximate surface area is 187 Å². The Kier molecular flexibility index (Phi) is 4.93. The average molecular weight is 440 g/mol. The van der Waals surface area contributed by atoms with Crippen molar-refractivity contribution in [1.29, 1.82) is 0 Å². The van der Waals surface area contributed by atoms with Gasteiger partial charge in [0.1, 0.15) is 5.82 Å². The summed E-state index contributed by atoms with van der Waals surface area (Å²) in [6, 6.07) is 7.86. The summed E-state index contributed by atoms with van der Waals surface area (Å²) in [5, 5.41) is 10.9. The molecule has 1 heterocycles. The molecule has 2 amide bonds. The fraction of sp³-hybridized carbons (Fsp3) is 0.520. The highest BCUT2D eigenvalue weighted by Gasteiger charge is 2.57. The summed E-state index contributed by atoms with van der Waals surface area (Å²) in [4.78, 5) is 25.5. The molecule has 6 nitrogen and oxygen atoms in total. The van der Waals surface area contributed by atoms with Gasteiger partial charge in [-0.3, -0.25) is 20.4 Å². The predicted molar refractivity (Wildman–Crippen MR) is 117 cm³/mol. The molecule has 2 aromatic rings. The summed E-state index contributed by atoms with van der Waals surface area (Å²) in [5.41, 5.74) is 7.17. The standard InChI is InChI=1S/C25H30FN3O3/c1-15-7-21(16(2)29(15)20-5-3-19(26)4-6-20)23(31)28-27-22(30)13-24-9-17-8-18(10-24)12-25(32,11-17)14-24/h3-7,17-18,32H,8-14H2,1-2H3,(H,27,30)(H,28,31). The van der Waals surface area contributed by atoms with E-state index >= 15 is 0 Å². The number of nitrogens with one attached hydrogen (secondary N) is 2. The number of amides is 2. The van der Waals surface area contributed by atoms with Crippen LogP contribution in [0.4, 0.5) is 4.39 Å². The topological polar surface area (TPSA) is 83.4 Å². The molecular weight excluding hydrogens is 409 g/mol. The van der Waals surface area contributed by atoms with E-state index in [0.29, 0.717) is 35.9 Å². The van der Waals surface area contributed by atoms with Gasteiger partial charge in [-0.15, -0.1) is 0 Å². The van der Waals surface area contributed by atoms with Gasteiger partial charge in [0.15, 0.2) is 0 Å². The number of hydrogen-bond donors (Lipinski definition) is 3. The lowest BCUT2D eigenvalue weighted by atomic mass is 9.47. The van der Waals surface area contributed by atoms with Crippen molar-refractivity contribution >= 4 is 11.8 Å². The van der Waals surface area contributed by atoms with Gasteiger partial charge in [-0.2, -0.15) is 0 Å². The van der Waals surface area contributed by atoms with E-state index in [9.17, 15) is 19.1 Å². The monoisotopic (exact) mass is 439 g/mol. The average Bonchev–Trinajstić information content (AvgIpc) is 2.99. The van der Waals surface area contributed by atoms with Gasteiger partial charge >= 0.3 is 0 Å². The Bertz CT molecular complexity index is 1060. The van der Waals surface area contributed by atoms with Crippen molar-refractivity contribution in [1.82, 2.24) is 15.4 Å². The maximum atomic E-state index is 13.3. The molecule has 6 rings (SSSR count). The van der Waals surface area contributed by atoms with Crippen molar-refractivity contribution in [3.05, 3.63) is 53.1 Å². The van der Waals surface area contributed by atoms with E-state index in [4.69, 9.17) is 0 Å². The van der Waals surface area contributed by atoms with Crippen LogP contribution < -0.4 is 10.9 Å². The molecule has 1 aromatic carbocycles. The number of aryl methyl sites for hydroxylation is 1. The van der Waals surface area contributed by atoms with Gasteiger partial charge in [0, 0.05) is 23.5 Å². The van der Waals surface area contributed by atoms with Crippen LogP contribution in [-0.4, -0.2) is 27.1 Å². The highest BCUT2D eigenvalue weighted by molar-refractivity contribution is 5.97. The number of benzene rings is 1. The second kappa shape index (κ2) is 7.44. The molecule has 170 valence electrons. The first-order valence-electron chi connectivity index (χ1n) is 11.4. The molecule has 4 bridgehead atoms. The van der Waals surface area contributed by atoms with Crippen molar-refractivity contribution < 1.29 is 19.1 Å². The van der Waals surface area contributed by atoms with E-state index in [-0.39, 0.29) is 23.0 Å². The summed E-state index contributed by atoms with van der Waals surface area (Å²) in [6.45, 7) is 3.70. The van der Waals surface area contributed by atoms with Gasteiger partial charge in [0.05, 0.1) is 11.2 Å². The number of carbonyl (C=O) groups excluding carboxylic acids is 2. The zero-order valence-electron chi connectivity index (χ0n) is 18.6. The van der Waals surface area contributed by atoms with E-state index in [1.165, 1.54) is 18.6 Å². The van der Waals surface area contributed by atoms with Gasteiger partial charge in [-0.25, -0.2) is 4.39 Å². The minimum absolute atomic E-state index is 0.147. The molecule has 4 fully saturated rings. The zero-order chi connectivity index (χ0) is 22.7. The first-order chi connectivity index (χ1) is 15.2. The summed E-state index contributed by atoms with van der Waals surface area (Å²) >= 11 is 0. The quantitative estimate of drug-likeness (QED) is 0.635. The van der Waals surface area contributed by atoms with E-state index in [1.54, 1.807) is 18.2 Å². The van der Waals surface area contributed by atoms with Crippen molar-refractivity contribution in [3.8, 4) is 5.69 Å². The maximum Gasteiger partial charge on any atom is 0.271 e. The fourth-order valence-corrected chi connectivity index (χ4v) is 7.17. The lowest BCUT2D eigenvalue weighted by Crippen LogP contribution is -2.57. The molecule has 3 N–H and O–H groups in total. The molecule has 2 unspecified atom stereocenters. The second-order valence-corrected chi connectivity index (χ2v) is 10.5. The van der Waals surface area contributed by atoms with E-state index in [0.717, 1.165) is 37.1 Å². The number of halogens is 1. The van der Waals surface area contributed by atoms with Gasteiger partial charge in [0.25, 0.3) is 5.91 Å². The van der Waals surface area contributed by atoms with Crippen LogP contribution in [0, 0.1) is 36.9 Å². The molecule has 4 aliphatic rings. The van der Waals surface area contributed by atoms with Crippen LogP contribution in [0.25, 0.3) is 5.69 Å². The Morgan fingerprint density at radius 1 is 1.09 bits per heavy atom. The van der Waals surface area contributed by atoms with Crippen LogP contribution in [0.3, 0.4) is 0 Å². The normalized spacial score (nSPS) is 30.4. The maximum absolute atomic E-state index is 13.3. The third-order valence-corrected chi connectivity index (χ3v) is 7.76. The third kappa shape index (κ3) is 3.72. The number of nitrogens with zero attached hydrogens (tertiary/aromatic N) is 1. The van der Waals surface area contributed by atoms with Crippen molar-refractivity contribution in [2.75, 3.05) is 0 Å². The second-order valence-electron chi connectivity index (χ2n) is 10.5. The summed E-state index contributed by atoms with van der Waals surface area (Å²) < 4.78 is 15.2. The smallest absolute Gasteiger partial charge is 0.271 e. The predicted octanol–water partition coefficient (Wildman–Crippen LogP) is 3.72. The lowest BCUT2D eigenvalue weighted by Gasteiger charge is -2.60. The molecule has 4 aliphatic carbocycles. The number of hydrazine groups is 1. The van der Waals surface area contributed by atoms with E-state index < -0.39 is 5.60 Å². The van der Waals surface area contributed by atoms with E-state index in [1.807, 2.05) is 18.4 Å². The largest absolute Gasteiger partial charge is 0.390 e. The van der Waals surface area contributed by atoms with Crippen LogP contribution >= 0.6 is 0 Å². The Balaban J connectivity index is 1.24. The minimum Gasteiger partial charge on any atom is -0.390 e. The van der Waals surface area contributed by atoms with Gasteiger partial charge in [0.2, 0.25) is 5.91 Å². The fourth-order valence-electron chi connectivity index (χ4n) is 7.17. The first kappa shape index (κ1) is 21.2. The molecule has 0 spiro atoms. The molecule has 32 heavy (non-hydrogen) atoms.